The highest BCUT2D eigenvalue weighted by Crippen LogP contribution is 2.30. The zero-order chi connectivity index (χ0) is 19.9. The lowest BCUT2D eigenvalue weighted by Gasteiger charge is -2.09. The molecule has 0 atom stereocenters. The molecule has 1 N–H and O–H groups in total. The highest BCUT2D eigenvalue weighted by molar-refractivity contribution is 9.10. The van der Waals surface area contributed by atoms with Crippen LogP contribution in [0, 0.1) is 0 Å². The Morgan fingerprint density at radius 1 is 1.21 bits per heavy atom. The molecular weight excluding hydrogens is 448 g/mol. The van der Waals surface area contributed by atoms with E-state index < -0.39 is 5.91 Å². The summed E-state index contributed by atoms with van der Waals surface area (Å²) >= 11 is 9.50. The standard InChI is InChI=1S/C20H16BrClN2O4/c1-26-19-10-13(21)6-8-18(19)27-12-20(25)24-23-11-14-7-9-17(28-14)15-4-2-3-5-16(15)22/h2-11H,12H2,1H3,(H,24,25)/b23-11-. The Kier molecular flexibility index (Phi) is 6.73. The molecule has 0 radical (unpaired) electrons. The highest BCUT2D eigenvalue weighted by atomic mass is 79.9. The normalized spacial score (nSPS) is 10.8. The van der Waals surface area contributed by atoms with E-state index in [4.69, 9.17) is 25.5 Å². The first-order chi connectivity index (χ1) is 13.6. The number of halogens is 2. The van der Waals surface area contributed by atoms with Gasteiger partial charge in [-0.05, 0) is 42.5 Å². The van der Waals surface area contributed by atoms with Crippen molar-refractivity contribution < 1.29 is 18.7 Å². The van der Waals surface area contributed by atoms with Gasteiger partial charge in [0.25, 0.3) is 5.91 Å². The second kappa shape index (κ2) is 9.43. The molecule has 28 heavy (non-hydrogen) atoms. The summed E-state index contributed by atoms with van der Waals surface area (Å²) in [5.74, 6) is 1.66. The van der Waals surface area contributed by atoms with Crippen LogP contribution in [0.25, 0.3) is 11.3 Å². The number of methoxy groups -OCH3 is 1. The van der Waals surface area contributed by atoms with Gasteiger partial charge in [0, 0.05) is 10.0 Å². The van der Waals surface area contributed by atoms with Crippen molar-refractivity contribution in [2.24, 2.45) is 5.10 Å². The van der Waals surface area contributed by atoms with Crippen LogP contribution >= 0.6 is 27.5 Å². The molecule has 2 aromatic carbocycles. The molecule has 0 saturated heterocycles. The van der Waals surface area contributed by atoms with Crippen molar-refractivity contribution in [3.05, 3.63) is 69.9 Å². The maximum Gasteiger partial charge on any atom is 0.277 e. The molecule has 8 heteroatoms. The molecule has 0 aliphatic heterocycles. The number of hydrogen-bond acceptors (Lipinski definition) is 5. The van der Waals surface area contributed by atoms with Crippen LogP contribution in [0.15, 0.2) is 68.6 Å². The SMILES string of the molecule is COc1cc(Br)ccc1OCC(=O)N/N=C\c1ccc(-c2ccccc2Cl)o1. The Balaban J connectivity index is 1.54. The molecule has 6 nitrogen and oxygen atoms in total. The van der Waals surface area contributed by atoms with Gasteiger partial charge in [-0.15, -0.1) is 0 Å². The first-order valence-electron chi connectivity index (χ1n) is 8.20. The Labute approximate surface area is 175 Å². The summed E-state index contributed by atoms with van der Waals surface area (Å²) in [4.78, 5) is 11.9. The third kappa shape index (κ3) is 5.15. The quantitative estimate of drug-likeness (QED) is 0.399. The van der Waals surface area contributed by atoms with E-state index >= 15 is 0 Å². The van der Waals surface area contributed by atoms with Gasteiger partial charge < -0.3 is 13.9 Å². The van der Waals surface area contributed by atoms with Gasteiger partial charge in [0.2, 0.25) is 0 Å². The fraction of sp³-hybridized carbons (Fsp3) is 0.100. The van der Waals surface area contributed by atoms with Crippen molar-refractivity contribution in [1.82, 2.24) is 5.43 Å². The van der Waals surface area contributed by atoms with Gasteiger partial charge >= 0.3 is 0 Å². The van der Waals surface area contributed by atoms with E-state index in [9.17, 15) is 4.79 Å². The first-order valence-corrected chi connectivity index (χ1v) is 9.37. The summed E-state index contributed by atoms with van der Waals surface area (Å²) < 4.78 is 17.2. The van der Waals surface area contributed by atoms with E-state index in [2.05, 4.69) is 26.5 Å². The third-order valence-electron chi connectivity index (χ3n) is 3.63. The lowest BCUT2D eigenvalue weighted by Crippen LogP contribution is -2.24. The topological polar surface area (TPSA) is 73.1 Å². The minimum absolute atomic E-state index is 0.210. The fourth-order valence-corrected chi connectivity index (χ4v) is 2.90. The maximum absolute atomic E-state index is 11.9. The Morgan fingerprint density at radius 3 is 2.82 bits per heavy atom. The van der Waals surface area contributed by atoms with Crippen LogP contribution in [0.5, 0.6) is 11.5 Å². The summed E-state index contributed by atoms with van der Waals surface area (Å²) in [6, 6.07) is 16.1. The summed E-state index contributed by atoms with van der Waals surface area (Å²) in [6.07, 6.45) is 1.40. The van der Waals surface area contributed by atoms with Crippen molar-refractivity contribution >= 4 is 39.7 Å². The number of ether oxygens (including phenoxy) is 2. The average Bonchev–Trinajstić information content (AvgIpc) is 3.16. The van der Waals surface area contributed by atoms with Gasteiger partial charge in [-0.25, -0.2) is 5.43 Å². The second-order valence-corrected chi connectivity index (χ2v) is 6.88. The first kappa shape index (κ1) is 20.0. The molecule has 0 aliphatic carbocycles. The number of nitrogens with one attached hydrogen (secondary N) is 1. The summed E-state index contributed by atoms with van der Waals surface area (Å²) in [5.41, 5.74) is 3.16. The minimum Gasteiger partial charge on any atom is -0.493 e. The lowest BCUT2D eigenvalue weighted by molar-refractivity contribution is -0.123. The zero-order valence-electron chi connectivity index (χ0n) is 14.8. The third-order valence-corrected chi connectivity index (χ3v) is 4.45. The number of rotatable bonds is 7. The van der Waals surface area contributed by atoms with Crippen LogP contribution in [0.3, 0.4) is 0 Å². The van der Waals surface area contributed by atoms with Gasteiger partial charge in [0.05, 0.1) is 18.3 Å². The molecule has 0 bridgehead atoms. The molecule has 144 valence electrons. The van der Waals surface area contributed by atoms with Crippen molar-refractivity contribution in [1.29, 1.82) is 0 Å². The smallest absolute Gasteiger partial charge is 0.277 e. The number of hydrogen-bond donors (Lipinski definition) is 1. The van der Waals surface area contributed by atoms with E-state index in [1.807, 2.05) is 18.2 Å². The number of carbonyl (C=O) groups excluding carboxylic acids is 1. The van der Waals surface area contributed by atoms with Crippen LogP contribution in [-0.2, 0) is 4.79 Å². The molecule has 1 aromatic heterocycles. The van der Waals surface area contributed by atoms with E-state index in [1.165, 1.54) is 13.3 Å². The predicted molar refractivity (Wildman–Crippen MR) is 111 cm³/mol. The number of furan rings is 1. The highest BCUT2D eigenvalue weighted by Gasteiger charge is 2.09. The Morgan fingerprint density at radius 2 is 2.04 bits per heavy atom. The summed E-state index contributed by atoms with van der Waals surface area (Å²) in [7, 11) is 1.53. The number of amides is 1. The molecule has 3 rings (SSSR count). The second-order valence-electron chi connectivity index (χ2n) is 5.56. The van der Waals surface area contributed by atoms with Crippen molar-refractivity contribution in [2.75, 3.05) is 13.7 Å². The maximum atomic E-state index is 11.9. The van der Waals surface area contributed by atoms with Crippen LogP contribution < -0.4 is 14.9 Å². The van der Waals surface area contributed by atoms with Gasteiger partial charge in [-0.1, -0.05) is 39.7 Å². The number of carbonyl (C=O) groups is 1. The van der Waals surface area contributed by atoms with Crippen LogP contribution in [-0.4, -0.2) is 25.8 Å². The van der Waals surface area contributed by atoms with E-state index in [1.54, 1.807) is 36.4 Å². The summed E-state index contributed by atoms with van der Waals surface area (Å²) in [5, 5.41) is 4.46. The van der Waals surface area contributed by atoms with E-state index in [-0.39, 0.29) is 6.61 Å². The number of benzene rings is 2. The van der Waals surface area contributed by atoms with Crippen molar-refractivity contribution in [2.45, 2.75) is 0 Å². The lowest BCUT2D eigenvalue weighted by atomic mass is 10.2. The largest absolute Gasteiger partial charge is 0.493 e. The van der Waals surface area contributed by atoms with Gasteiger partial charge in [-0.3, -0.25) is 4.79 Å². The number of nitrogens with zero attached hydrogens (tertiary/aromatic N) is 1. The fourth-order valence-electron chi connectivity index (χ4n) is 2.33. The average molecular weight is 464 g/mol. The van der Waals surface area contributed by atoms with Gasteiger partial charge in [-0.2, -0.15) is 5.10 Å². The molecule has 0 fully saturated rings. The molecule has 0 aliphatic rings. The molecular formula is C20H16BrClN2O4. The molecule has 0 saturated carbocycles. The van der Waals surface area contributed by atoms with E-state index in [0.717, 1.165) is 10.0 Å². The Hall–Kier alpha value is -2.77. The van der Waals surface area contributed by atoms with Crippen molar-refractivity contribution in [3.8, 4) is 22.8 Å². The monoisotopic (exact) mass is 462 g/mol. The van der Waals surface area contributed by atoms with E-state index in [0.29, 0.717) is 28.0 Å². The number of hydrazone groups is 1. The Bertz CT molecular complexity index is 1000. The molecule has 0 spiro atoms. The molecule has 1 amide bonds. The van der Waals surface area contributed by atoms with Gasteiger partial charge in [0.1, 0.15) is 11.5 Å². The zero-order valence-corrected chi connectivity index (χ0v) is 17.2. The van der Waals surface area contributed by atoms with Crippen LogP contribution in [0.4, 0.5) is 0 Å². The van der Waals surface area contributed by atoms with Crippen molar-refractivity contribution in [3.63, 3.8) is 0 Å². The van der Waals surface area contributed by atoms with Gasteiger partial charge in [0.15, 0.2) is 18.1 Å². The van der Waals surface area contributed by atoms with Crippen LogP contribution in [0.1, 0.15) is 5.76 Å². The minimum atomic E-state index is -0.417. The summed E-state index contributed by atoms with van der Waals surface area (Å²) in [6.45, 7) is -0.210. The van der Waals surface area contributed by atoms with Crippen LogP contribution in [0.2, 0.25) is 5.02 Å². The molecule has 3 aromatic rings. The molecule has 0 unspecified atom stereocenters. The molecule has 1 heterocycles. The predicted octanol–water partition coefficient (Wildman–Crippen LogP) is 4.90.